The summed E-state index contributed by atoms with van der Waals surface area (Å²) in [6.07, 6.45) is 4.31. The number of rotatable bonds is 5. The van der Waals surface area contributed by atoms with Gasteiger partial charge in [0.2, 0.25) is 5.88 Å². The van der Waals surface area contributed by atoms with E-state index >= 15 is 0 Å². The molecule has 0 radical (unpaired) electrons. The van der Waals surface area contributed by atoms with E-state index in [0.717, 1.165) is 22.9 Å². The minimum Gasteiger partial charge on any atom is -0.471 e. The fraction of sp³-hybridized carbons (Fsp3) is 0.263. The highest BCUT2D eigenvalue weighted by Gasteiger charge is 2.21. The first kappa shape index (κ1) is 15.7. The summed E-state index contributed by atoms with van der Waals surface area (Å²) in [5.74, 6) is 0.154. The van der Waals surface area contributed by atoms with Gasteiger partial charge in [-0.3, -0.25) is 4.79 Å². The molecule has 1 aromatic carbocycles. The van der Waals surface area contributed by atoms with Crippen LogP contribution in [0.25, 0.3) is 10.9 Å². The van der Waals surface area contributed by atoms with Gasteiger partial charge in [0.1, 0.15) is 11.7 Å². The number of nitrogens with one attached hydrogen (secondary N) is 2. The Kier molecular flexibility index (Phi) is 4.35. The predicted octanol–water partition coefficient (Wildman–Crippen LogP) is 2.66. The molecule has 2 aromatic heterocycles. The van der Waals surface area contributed by atoms with Gasteiger partial charge in [0.15, 0.2) is 0 Å². The topological polar surface area (TPSA) is 76.2 Å². The zero-order chi connectivity index (χ0) is 17.1. The number of para-hydroxylation sites is 1. The fourth-order valence-electron chi connectivity index (χ4n) is 2.97. The molecule has 3 aromatic rings. The van der Waals surface area contributed by atoms with Gasteiger partial charge in [-0.2, -0.15) is 0 Å². The summed E-state index contributed by atoms with van der Waals surface area (Å²) in [7, 11) is 0. The Hall–Kier alpha value is -2.86. The second-order valence-electron chi connectivity index (χ2n) is 6.00. The summed E-state index contributed by atoms with van der Waals surface area (Å²) in [5, 5.41) is 4.05. The van der Waals surface area contributed by atoms with E-state index < -0.39 is 0 Å². The Morgan fingerprint density at radius 3 is 3.12 bits per heavy atom. The third kappa shape index (κ3) is 3.34. The Labute approximate surface area is 145 Å². The van der Waals surface area contributed by atoms with Gasteiger partial charge in [-0.05, 0) is 23.8 Å². The molecule has 1 aliphatic heterocycles. The Morgan fingerprint density at radius 2 is 2.24 bits per heavy atom. The van der Waals surface area contributed by atoms with Gasteiger partial charge < -0.3 is 19.8 Å². The summed E-state index contributed by atoms with van der Waals surface area (Å²) in [6.45, 7) is 1.65. The largest absolute Gasteiger partial charge is 0.471 e. The van der Waals surface area contributed by atoms with E-state index in [1.807, 2.05) is 30.5 Å². The summed E-state index contributed by atoms with van der Waals surface area (Å²) in [4.78, 5) is 20.0. The molecule has 1 saturated heterocycles. The van der Waals surface area contributed by atoms with Crippen molar-refractivity contribution in [3.63, 3.8) is 0 Å². The lowest BCUT2D eigenvalue weighted by atomic mass is 10.1. The van der Waals surface area contributed by atoms with E-state index in [4.69, 9.17) is 9.47 Å². The number of pyridine rings is 1. The highest BCUT2D eigenvalue weighted by Crippen LogP contribution is 2.20. The molecular weight excluding hydrogens is 318 g/mol. The van der Waals surface area contributed by atoms with Crippen LogP contribution >= 0.6 is 0 Å². The minimum atomic E-state index is -0.202. The second kappa shape index (κ2) is 6.94. The van der Waals surface area contributed by atoms with Crippen molar-refractivity contribution in [2.24, 2.45) is 0 Å². The van der Waals surface area contributed by atoms with Crippen LogP contribution in [0.1, 0.15) is 22.3 Å². The molecule has 6 nitrogen and oxygen atoms in total. The smallest absolute Gasteiger partial charge is 0.257 e. The molecule has 1 aliphatic rings. The maximum absolute atomic E-state index is 12.6. The highest BCUT2D eigenvalue weighted by atomic mass is 16.5. The van der Waals surface area contributed by atoms with E-state index in [9.17, 15) is 4.79 Å². The first-order chi connectivity index (χ1) is 12.3. The molecule has 2 N–H and O–H groups in total. The van der Waals surface area contributed by atoms with Crippen LogP contribution in [0.3, 0.4) is 0 Å². The van der Waals surface area contributed by atoms with Crippen LogP contribution in [0.15, 0.2) is 48.8 Å². The van der Waals surface area contributed by atoms with E-state index in [1.54, 1.807) is 18.3 Å². The molecule has 4 rings (SSSR count). The lowest BCUT2D eigenvalue weighted by Gasteiger charge is -2.14. The average molecular weight is 337 g/mol. The van der Waals surface area contributed by atoms with E-state index in [0.29, 0.717) is 31.2 Å². The van der Waals surface area contributed by atoms with Crippen LogP contribution in [0.4, 0.5) is 0 Å². The van der Waals surface area contributed by atoms with Gasteiger partial charge in [0.25, 0.3) is 5.91 Å². The maximum atomic E-state index is 12.6. The lowest BCUT2D eigenvalue weighted by molar-refractivity contribution is 0.0938. The van der Waals surface area contributed by atoms with Gasteiger partial charge in [0, 0.05) is 36.3 Å². The lowest BCUT2D eigenvalue weighted by Crippen LogP contribution is -2.25. The van der Waals surface area contributed by atoms with Crippen molar-refractivity contribution in [1.29, 1.82) is 0 Å². The number of aromatic amines is 1. The molecular formula is C19H19N3O3. The normalized spacial score (nSPS) is 16.9. The molecule has 1 amide bonds. The van der Waals surface area contributed by atoms with Crippen LogP contribution < -0.4 is 10.1 Å². The molecule has 3 heterocycles. The number of ether oxygens (including phenoxy) is 2. The maximum Gasteiger partial charge on any atom is 0.257 e. The number of hydrogen-bond acceptors (Lipinski definition) is 4. The summed E-state index contributed by atoms with van der Waals surface area (Å²) < 4.78 is 11.1. The van der Waals surface area contributed by atoms with Gasteiger partial charge in [-0.1, -0.05) is 18.2 Å². The molecule has 1 fully saturated rings. The number of fused-ring (bicyclic) bond motifs is 1. The van der Waals surface area contributed by atoms with Crippen molar-refractivity contribution in [1.82, 2.24) is 15.3 Å². The summed E-state index contributed by atoms with van der Waals surface area (Å²) >= 11 is 0. The van der Waals surface area contributed by atoms with Crippen molar-refractivity contribution < 1.29 is 14.3 Å². The van der Waals surface area contributed by atoms with E-state index in [2.05, 4.69) is 15.3 Å². The zero-order valence-electron chi connectivity index (χ0n) is 13.7. The number of carbonyl (C=O) groups is 1. The molecule has 0 aliphatic carbocycles. The molecule has 25 heavy (non-hydrogen) atoms. The quantitative estimate of drug-likeness (QED) is 0.750. The number of H-pyrrole nitrogens is 1. The second-order valence-corrected chi connectivity index (χ2v) is 6.00. The molecule has 0 spiro atoms. The number of benzene rings is 1. The third-order valence-electron chi connectivity index (χ3n) is 4.30. The average Bonchev–Trinajstić information content (AvgIpc) is 3.30. The minimum absolute atomic E-state index is 0.0462. The summed E-state index contributed by atoms with van der Waals surface area (Å²) in [5.41, 5.74) is 2.53. The van der Waals surface area contributed by atoms with Crippen molar-refractivity contribution in [2.75, 3.05) is 13.2 Å². The summed E-state index contributed by atoms with van der Waals surface area (Å²) in [6, 6.07) is 11.5. The highest BCUT2D eigenvalue weighted by molar-refractivity contribution is 5.96. The number of hydrogen-bond donors (Lipinski definition) is 2. The van der Waals surface area contributed by atoms with E-state index in [1.165, 1.54) is 0 Å². The monoisotopic (exact) mass is 337 g/mol. The number of nitrogens with zero attached hydrogens (tertiary/aromatic N) is 1. The standard InChI is InChI=1S/C19H19N3O3/c23-18(22-11-13-10-21-17-6-2-1-4-15(13)17)16-5-3-8-20-19(16)25-14-7-9-24-12-14/h1-6,8,10,14,21H,7,9,11-12H2,(H,22,23)/t14-/m0/s1. The molecule has 0 bridgehead atoms. The Morgan fingerprint density at radius 1 is 1.32 bits per heavy atom. The molecule has 0 unspecified atom stereocenters. The van der Waals surface area contributed by atoms with Crippen molar-refractivity contribution in [3.8, 4) is 5.88 Å². The Bertz CT molecular complexity index is 884. The van der Waals surface area contributed by atoms with E-state index in [-0.39, 0.29) is 12.0 Å². The van der Waals surface area contributed by atoms with Crippen LogP contribution in [0.5, 0.6) is 5.88 Å². The fourth-order valence-corrected chi connectivity index (χ4v) is 2.97. The third-order valence-corrected chi connectivity index (χ3v) is 4.30. The van der Waals surface area contributed by atoms with Crippen molar-refractivity contribution >= 4 is 16.8 Å². The van der Waals surface area contributed by atoms with Gasteiger partial charge in [0.05, 0.1) is 13.2 Å². The molecule has 128 valence electrons. The van der Waals surface area contributed by atoms with Crippen LogP contribution in [-0.4, -0.2) is 35.2 Å². The SMILES string of the molecule is O=C(NCc1c[nH]c2ccccc12)c1cccnc1O[C@H]1CCOC1. The van der Waals surface area contributed by atoms with Gasteiger partial charge in [-0.25, -0.2) is 4.98 Å². The van der Waals surface area contributed by atoms with Crippen molar-refractivity contribution in [2.45, 2.75) is 19.1 Å². The molecule has 1 atom stereocenters. The first-order valence-corrected chi connectivity index (χ1v) is 8.34. The first-order valence-electron chi connectivity index (χ1n) is 8.34. The zero-order valence-corrected chi connectivity index (χ0v) is 13.7. The van der Waals surface area contributed by atoms with Gasteiger partial charge in [-0.15, -0.1) is 0 Å². The Balaban J connectivity index is 1.47. The number of amides is 1. The molecule has 0 saturated carbocycles. The van der Waals surface area contributed by atoms with Gasteiger partial charge >= 0.3 is 0 Å². The number of carbonyl (C=O) groups excluding carboxylic acids is 1. The van der Waals surface area contributed by atoms with Crippen LogP contribution in [-0.2, 0) is 11.3 Å². The van der Waals surface area contributed by atoms with Crippen molar-refractivity contribution in [3.05, 3.63) is 59.9 Å². The molecule has 6 heteroatoms. The number of aromatic nitrogens is 2. The van der Waals surface area contributed by atoms with Crippen LogP contribution in [0.2, 0.25) is 0 Å². The predicted molar refractivity (Wildman–Crippen MR) is 93.6 cm³/mol. The van der Waals surface area contributed by atoms with Crippen LogP contribution in [0, 0.1) is 0 Å².